The zero-order valence-corrected chi connectivity index (χ0v) is 16.6. The summed E-state index contributed by atoms with van der Waals surface area (Å²) >= 11 is 0. The molecule has 0 aliphatic carbocycles. The van der Waals surface area contributed by atoms with E-state index >= 15 is 0 Å². The molecular weight excluding hydrogens is 397 g/mol. The first-order valence-corrected chi connectivity index (χ1v) is 9.58. The molecule has 30 heavy (non-hydrogen) atoms. The van der Waals surface area contributed by atoms with Crippen LogP contribution in [-0.2, 0) is 9.59 Å². The number of aryl methyl sites for hydroxylation is 1. The van der Waals surface area contributed by atoms with Gasteiger partial charge in [-0.05, 0) is 30.7 Å². The smallest absolute Gasteiger partial charge is 0.243 e. The van der Waals surface area contributed by atoms with Gasteiger partial charge >= 0.3 is 0 Å². The first kappa shape index (κ1) is 21.6. The van der Waals surface area contributed by atoms with E-state index in [0.29, 0.717) is 19.2 Å². The summed E-state index contributed by atoms with van der Waals surface area (Å²) in [6.45, 7) is 4.77. The van der Waals surface area contributed by atoms with Gasteiger partial charge in [-0.15, -0.1) is 0 Å². The second-order valence-corrected chi connectivity index (χ2v) is 7.10. The summed E-state index contributed by atoms with van der Waals surface area (Å²) in [5, 5.41) is 4.56. The van der Waals surface area contributed by atoms with Gasteiger partial charge in [-0.1, -0.05) is 18.2 Å². The highest BCUT2D eigenvalue weighted by molar-refractivity contribution is 5.94. The van der Waals surface area contributed by atoms with Crippen molar-refractivity contribution in [1.29, 1.82) is 0 Å². The number of piperazine rings is 1. The van der Waals surface area contributed by atoms with Crippen molar-refractivity contribution in [2.45, 2.75) is 6.92 Å². The number of hydrogen-bond acceptors (Lipinski definition) is 4. The predicted molar refractivity (Wildman–Crippen MR) is 108 cm³/mol. The minimum Gasteiger partial charge on any atom is -0.369 e. The van der Waals surface area contributed by atoms with E-state index < -0.39 is 35.6 Å². The number of hydrogen-bond donors (Lipinski definition) is 2. The van der Waals surface area contributed by atoms with Crippen molar-refractivity contribution in [3.05, 3.63) is 59.4 Å². The highest BCUT2D eigenvalue weighted by atomic mass is 19.2. The highest BCUT2D eigenvalue weighted by Crippen LogP contribution is 2.21. The van der Waals surface area contributed by atoms with Gasteiger partial charge in [0.25, 0.3) is 0 Å². The Morgan fingerprint density at radius 3 is 2.33 bits per heavy atom. The molecule has 0 aromatic heterocycles. The molecule has 2 aromatic rings. The van der Waals surface area contributed by atoms with E-state index in [-0.39, 0.29) is 12.5 Å². The normalized spacial score (nSPS) is 14.5. The number of amides is 2. The van der Waals surface area contributed by atoms with Gasteiger partial charge in [0, 0.05) is 31.9 Å². The number of rotatable bonds is 6. The van der Waals surface area contributed by atoms with Crippen LogP contribution in [0, 0.1) is 24.4 Å². The molecule has 0 unspecified atom stereocenters. The summed E-state index contributed by atoms with van der Waals surface area (Å²) in [5.41, 5.74) is 1.90. The molecule has 1 aliphatic heterocycles. The summed E-state index contributed by atoms with van der Waals surface area (Å²) in [4.78, 5) is 28.2. The lowest BCUT2D eigenvalue weighted by Crippen LogP contribution is -2.50. The summed E-state index contributed by atoms with van der Waals surface area (Å²) in [6.07, 6.45) is 0. The van der Waals surface area contributed by atoms with Crippen LogP contribution in [0.25, 0.3) is 0 Å². The number of carbonyl (C=O) groups excluding carboxylic acids is 2. The monoisotopic (exact) mass is 420 g/mol. The van der Waals surface area contributed by atoms with Crippen LogP contribution < -0.4 is 15.5 Å². The number of carbonyl (C=O) groups is 2. The van der Waals surface area contributed by atoms with Gasteiger partial charge < -0.3 is 15.5 Å². The molecule has 0 atom stereocenters. The largest absolute Gasteiger partial charge is 0.369 e. The van der Waals surface area contributed by atoms with Gasteiger partial charge in [0.2, 0.25) is 11.8 Å². The molecule has 1 fully saturated rings. The third kappa shape index (κ3) is 5.29. The maximum Gasteiger partial charge on any atom is 0.243 e. The molecule has 2 amide bonds. The van der Waals surface area contributed by atoms with Crippen LogP contribution in [-0.4, -0.2) is 56.0 Å². The van der Waals surface area contributed by atoms with E-state index in [1.54, 1.807) is 0 Å². The fourth-order valence-electron chi connectivity index (χ4n) is 3.32. The van der Waals surface area contributed by atoms with E-state index in [9.17, 15) is 22.8 Å². The molecule has 2 aromatic carbocycles. The second kappa shape index (κ2) is 9.62. The van der Waals surface area contributed by atoms with Crippen molar-refractivity contribution >= 4 is 23.2 Å². The number of para-hydroxylation sites is 1. The van der Waals surface area contributed by atoms with E-state index in [4.69, 9.17) is 0 Å². The number of halogens is 3. The summed E-state index contributed by atoms with van der Waals surface area (Å²) < 4.78 is 39.7. The van der Waals surface area contributed by atoms with Gasteiger partial charge in [-0.2, -0.15) is 0 Å². The first-order chi connectivity index (χ1) is 14.3. The van der Waals surface area contributed by atoms with E-state index in [1.807, 2.05) is 17.0 Å². The average Bonchev–Trinajstić information content (AvgIpc) is 2.74. The zero-order chi connectivity index (χ0) is 21.7. The molecule has 3 rings (SSSR count). The first-order valence-electron chi connectivity index (χ1n) is 9.58. The van der Waals surface area contributed by atoms with Crippen molar-refractivity contribution in [3.63, 3.8) is 0 Å². The fraction of sp³-hybridized carbons (Fsp3) is 0.333. The minimum absolute atomic E-state index is 0.133. The van der Waals surface area contributed by atoms with Crippen molar-refractivity contribution in [2.75, 3.05) is 49.5 Å². The van der Waals surface area contributed by atoms with Crippen molar-refractivity contribution in [3.8, 4) is 0 Å². The van der Waals surface area contributed by atoms with E-state index in [0.717, 1.165) is 19.2 Å². The lowest BCUT2D eigenvalue weighted by Gasteiger charge is -2.36. The number of anilines is 2. The van der Waals surface area contributed by atoms with E-state index in [1.165, 1.54) is 11.3 Å². The van der Waals surface area contributed by atoms with E-state index in [2.05, 4.69) is 34.6 Å². The Balaban J connectivity index is 1.42. The number of benzene rings is 2. The van der Waals surface area contributed by atoms with Gasteiger partial charge in [-0.25, -0.2) is 13.2 Å². The van der Waals surface area contributed by atoms with Crippen LogP contribution in [0.3, 0.4) is 0 Å². The molecule has 1 saturated heterocycles. The van der Waals surface area contributed by atoms with Crippen molar-refractivity contribution in [1.82, 2.24) is 10.2 Å². The molecule has 0 bridgehead atoms. The SMILES string of the molecule is Cc1ccccc1N1CCN(CC(=O)NCC(=O)Nc2ccc(F)c(F)c2F)CC1. The van der Waals surface area contributed by atoms with Crippen molar-refractivity contribution < 1.29 is 22.8 Å². The van der Waals surface area contributed by atoms with Crippen LogP contribution in [0.1, 0.15) is 5.56 Å². The molecular formula is C21H23F3N4O2. The van der Waals surface area contributed by atoms with Gasteiger partial charge in [0.15, 0.2) is 17.5 Å². The molecule has 1 aliphatic rings. The van der Waals surface area contributed by atoms with Crippen LogP contribution >= 0.6 is 0 Å². The maximum absolute atomic E-state index is 13.6. The molecule has 2 N–H and O–H groups in total. The zero-order valence-electron chi connectivity index (χ0n) is 16.6. The van der Waals surface area contributed by atoms with Crippen molar-refractivity contribution in [2.24, 2.45) is 0 Å². The van der Waals surface area contributed by atoms with Gasteiger partial charge in [0.1, 0.15) is 0 Å². The Bertz CT molecular complexity index is 930. The second-order valence-electron chi connectivity index (χ2n) is 7.10. The molecule has 9 heteroatoms. The topological polar surface area (TPSA) is 64.7 Å². The molecule has 1 heterocycles. The Labute approximate surface area is 172 Å². The molecule has 0 radical (unpaired) electrons. The molecule has 160 valence electrons. The predicted octanol–water partition coefficient (Wildman–Crippen LogP) is 2.29. The van der Waals surface area contributed by atoms with Crippen LogP contribution in [0.4, 0.5) is 24.5 Å². The Kier molecular flexibility index (Phi) is 6.94. The standard InChI is InChI=1S/C21H23F3N4O2/c1-14-4-2-3-5-17(14)28-10-8-27(9-11-28)13-19(30)25-12-18(29)26-16-7-6-15(22)20(23)21(16)24/h2-7H,8-13H2,1H3,(H,25,30)(H,26,29). The molecule has 0 saturated carbocycles. The van der Waals surface area contributed by atoms with Gasteiger partial charge in [0.05, 0.1) is 18.8 Å². The Hall–Kier alpha value is -3.07. The highest BCUT2D eigenvalue weighted by Gasteiger charge is 2.20. The minimum atomic E-state index is -1.67. The van der Waals surface area contributed by atoms with Crippen LogP contribution in [0.15, 0.2) is 36.4 Å². The lowest BCUT2D eigenvalue weighted by molar-refractivity contribution is -0.125. The summed E-state index contributed by atoms with van der Waals surface area (Å²) in [6, 6.07) is 9.76. The Morgan fingerprint density at radius 2 is 1.63 bits per heavy atom. The van der Waals surface area contributed by atoms with Crippen LogP contribution in [0.5, 0.6) is 0 Å². The maximum atomic E-state index is 13.6. The van der Waals surface area contributed by atoms with Crippen LogP contribution in [0.2, 0.25) is 0 Å². The summed E-state index contributed by atoms with van der Waals surface area (Å²) in [5.74, 6) is -5.58. The number of nitrogens with zero attached hydrogens (tertiary/aromatic N) is 2. The molecule has 6 nitrogen and oxygen atoms in total. The number of nitrogens with one attached hydrogen (secondary N) is 2. The summed E-state index contributed by atoms with van der Waals surface area (Å²) in [7, 11) is 0. The third-order valence-corrected chi connectivity index (χ3v) is 4.95. The van der Waals surface area contributed by atoms with Gasteiger partial charge in [-0.3, -0.25) is 14.5 Å². The Morgan fingerprint density at radius 1 is 0.933 bits per heavy atom. The quantitative estimate of drug-likeness (QED) is 0.704. The fourth-order valence-corrected chi connectivity index (χ4v) is 3.32. The average molecular weight is 420 g/mol. The lowest BCUT2D eigenvalue weighted by atomic mass is 10.1. The third-order valence-electron chi connectivity index (χ3n) is 4.95. The molecule has 0 spiro atoms.